The standard InChI is InChI=1S/C11H18N4O5.2C7H14N2O2.C5H13N.C3H7NO.CH4O/c1-14(6-9(18)13-3-4-16)11(20)7-15(2)10(19)5-12-8-17;1-8(2)6-7(11)9(3)4-5-10;1-4-9(3)7(11)5-8(2)6-10;1-4-6-5(2)3;1-4-2-3-5;1-2/h4,8H,3,5-7H2,1-2H3,(H,12,17)(H,13,18);5H,4,6H2,1-3H3;6H,4-5H2,1-3H3;5-6H,4H2,1-3H3;3-4H,2H2,1H3;2H,1H3. The summed E-state index contributed by atoms with van der Waals surface area (Å²) < 4.78 is 0. The minimum absolute atomic E-state index is 0.0397. The van der Waals surface area contributed by atoms with Gasteiger partial charge in [-0.1, -0.05) is 20.8 Å². The third-order valence-corrected chi connectivity index (χ3v) is 5.91. The lowest BCUT2D eigenvalue weighted by molar-refractivity contribution is -0.140. The number of nitrogens with zero attached hydrogens (tertiary/aromatic N) is 6. The molecule has 0 aliphatic heterocycles. The van der Waals surface area contributed by atoms with Crippen LogP contribution in [0.4, 0.5) is 0 Å². The highest BCUT2D eigenvalue weighted by Crippen LogP contribution is 1.91. The van der Waals surface area contributed by atoms with Crippen LogP contribution in [-0.4, -0.2) is 231 Å². The fourth-order valence-corrected chi connectivity index (χ4v) is 2.83. The second-order valence-corrected chi connectivity index (χ2v) is 11.5. The second kappa shape index (κ2) is 45.3. The summed E-state index contributed by atoms with van der Waals surface area (Å²) in [5.41, 5.74) is 0. The molecule has 7 amide bonds. The van der Waals surface area contributed by atoms with Crippen LogP contribution in [0, 0.1) is 0 Å². The number of amides is 7. The van der Waals surface area contributed by atoms with Gasteiger partial charge in [0.1, 0.15) is 18.9 Å². The Bertz CT molecular complexity index is 1050. The topological polar surface area (TPSA) is 258 Å². The maximum atomic E-state index is 11.7. The minimum atomic E-state index is -0.468. The van der Waals surface area contributed by atoms with Crippen LogP contribution in [0.3, 0.4) is 0 Å². The smallest absolute Gasteiger partial charge is 0.242 e. The normalized spacial score (nSPS) is 9.02. The number of aliphatic hydroxyl groups excluding tert-OH is 1. The first kappa shape index (κ1) is 62.1. The molecule has 0 aromatic rings. The zero-order valence-electron chi connectivity index (χ0n) is 35.2. The van der Waals surface area contributed by atoms with Crippen LogP contribution in [0.1, 0.15) is 27.7 Å². The van der Waals surface area contributed by atoms with Crippen molar-refractivity contribution in [2.45, 2.75) is 33.7 Å². The monoisotopic (exact) mass is 795 g/mol. The van der Waals surface area contributed by atoms with E-state index in [1.54, 1.807) is 38.0 Å². The Balaban J connectivity index is -0.000000147. The molecule has 0 fully saturated rings. The zero-order chi connectivity index (χ0) is 44.4. The summed E-state index contributed by atoms with van der Waals surface area (Å²) in [6, 6.07) is 0.648. The molecule has 0 aliphatic carbocycles. The number of aldehydes is 3. The van der Waals surface area contributed by atoms with E-state index in [2.05, 4.69) is 42.0 Å². The Morgan fingerprint density at radius 1 is 0.636 bits per heavy atom. The van der Waals surface area contributed by atoms with Gasteiger partial charge in [-0.25, -0.2) is 0 Å². The molecule has 0 spiro atoms. The molecule has 21 nitrogen and oxygen atoms in total. The predicted octanol–water partition coefficient (Wildman–Crippen LogP) is -4.26. The third-order valence-electron chi connectivity index (χ3n) is 5.91. The van der Waals surface area contributed by atoms with E-state index in [1.807, 2.05) is 21.0 Å². The summed E-state index contributed by atoms with van der Waals surface area (Å²) in [7, 11) is 14.1. The van der Waals surface area contributed by atoms with E-state index < -0.39 is 17.7 Å². The number of carbonyl (C=O) groups excluding carboxylic acids is 10. The van der Waals surface area contributed by atoms with Crippen molar-refractivity contribution in [2.24, 2.45) is 0 Å². The molecule has 0 bridgehead atoms. The number of rotatable bonds is 21. The van der Waals surface area contributed by atoms with Crippen molar-refractivity contribution in [3.63, 3.8) is 0 Å². The van der Waals surface area contributed by atoms with Gasteiger partial charge in [-0.15, -0.1) is 0 Å². The van der Waals surface area contributed by atoms with Crippen LogP contribution < -0.4 is 21.3 Å². The summed E-state index contributed by atoms with van der Waals surface area (Å²) in [5.74, 6) is -1.41. The third kappa shape index (κ3) is 49.1. The summed E-state index contributed by atoms with van der Waals surface area (Å²) in [4.78, 5) is 114. The maximum Gasteiger partial charge on any atom is 0.242 e. The van der Waals surface area contributed by atoms with Gasteiger partial charge in [0.15, 0.2) is 0 Å². The molecule has 0 rings (SSSR count). The summed E-state index contributed by atoms with van der Waals surface area (Å²) >= 11 is 0. The van der Waals surface area contributed by atoms with Crippen LogP contribution in [-0.2, 0) is 47.9 Å². The molecule has 322 valence electrons. The van der Waals surface area contributed by atoms with Crippen LogP contribution >= 0.6 is 0 Å². The maximum absolute atomic E-state index is 11.7. The first-order chi connectivity index (χ1) is 25.8. The number of hydrogen-bond acceptors (Lipinski definition) is 14. The van der Waals surface area contributed by atoms with Crippen molar-refractivity contribution in [1.29, 1.82) is 0 Å². The summed E-state index contributed by atoms with van der Waals surface area (Å²) in [6.07, 6.45) is 3.10. The van der Waals surface area contributed by atoms with Gasteiger partial charge >= 0.3 is 0 Å². The van der Waals surface area contributed by atoms with Crippen LogP contribution in [0.25, 0.3) is 0 Å². The van der Waals surface area contributed by atoms with E-state index in [0.717, 1.165) is 29.7 Å². The van der Waals surface area contributed by atoms with Crippen molar-refractivity contribution in [3.8, 4) is 0 Å². The lowest BCUT2D eigenvalue weighted by Gasteiger charge is -2.21. The van der Waals surface area contributed by atoms with Gasteiger partial charge < -0.3 is 70.2 Å². The Kier molecular flexibility index (Phi) is 51.2. The first-order valence-electron chi connectivity index (χ1n) is 17.1. The van der Waals surface area contributed by atoms with Crippen LogP contribution in [0.5, 0.6) is 0 Å². The number of nitrogens with one attached hydrogen (secondary N) is 4. The van der Waals surface area contributed by atoms with Gasteiger partial charge in [-0.2, -0.15) is 0 Å². The Labute approximate surface area is 327 Å². The quantitative estimate of drug-likeness (QED) is 0.0690. The average molecular weight is 795 g/mol. The Morgan fingerprint density at radius 2 is 1.13 bits per heavy atom. The predicted molar refractivity (Wildman–Crippen MR) is 210 cm³/mol. The first-order valence-corrected chi connectivity index (χ1v) is 17.1. The molecule has 0 aromatic heterocycles. The van der Waals surface area contributed by atoms with E-state index in [4.69, 9.17) is 5.11 Å². The van der Waals surface area contributed by atoms with Crippen molar-refractivity contribution < 1.29 is 53.1 Å². The van der Waals surface area contributed by atoms with E-state index in [9.17, 15) is 47.9 Å². The lowest BCUT2D eigenvalue weighted by Crippen LogP contribution is -2.45. The van der Waals surface area contributed by atoms with E-state index in [0.29, 0.717) is 51.1 Å². The number of hydrogen-bond donors (Lipinski definition) is 5. The SMILES string of the molecule is CCN(C)C(=O)CN(C)C=O.CCNC(C)C.CN(C)CC(=O)N(C)CC=O.CN(CC(=O)NCC=O)C(=O)CN(C)C(=O)CNC=O.CNCC=O.CO. The summed E-state index contributed by atoms with van der Waals surface area (Å²) in [5, 5.41) is 17.3. The van der Waals surface area contributed by atoms with E-state index in [-0.39, 0.29) is 51.1 Å². The molecule has 0 saturated heterocycles. The number of likely N-dealkylation sites (N-methyl/N-ethyl adjacent to an activating group) is 7. The highest BCUT2D eigenvalue weighted by atomic mass is 16.2. The Hall–Kier alpha value is -4.86. The molecule has 0 aromatic carbocycles. The molecular formula is C34H70N10O11. The van der Waals surface area contributed by atoms with Gasteiger partial charge in [0.25, 0.3) is 0 Å². The van der Waals surface area contributed by atoms with Crippen molar-refractivity contribution in [1.82, 2.24) is 50.7 Å². The fourth-order valence-electron chi connectivity index (χ4n) is 2.83. The molecule has 0 atom stereocenters. The van der Waals surface area contributed by atoms with Gasteiger partial charge in [-0.05, 0) is 34.6 Å². The van der Waals surface area contributed by atoms with Gasteiger partial charge in [0.05, 0.1) is 52.4 Å². The van der Waals surface area contributed by atoms with Gasteiger partial charge in [0, 0.05) is 54.9 Å². The minimum Gasteiger partial charge on any atom is -0.400 e. The largest absolute Gasteiger partial charge is 0.400 e. The number of carbonyl (C=O) groups is 10. The highest BCUT2D eigenvalue weighted by Gasteiger charge is 2.17. The van der Waals surface area contributed by atoms with Crippen molar-refractivity contribution in [2.75, 3.05) is 129 Å². The lowest BCUT2D eigenvalue weighted by atomic mass is 10.4. The van der Waals surface area contributed by atoms with E-state index >= 15 is 0 Å². The molecule has 0 saturated carbocycles. The van der Waals surface area contributed by atoms with Crippen molar-refractivity contribution in [3.05, 3.63) is 0 Å². The van der Waals surface area contributed by atoms with Crippen LogP contribution in [0.15, 0.2) is 0 Å². The zero-order valence-corrected chi connectivity index (χ0v) is 35.2. The summed E-state index contributed by atoms with van der Waals surface area (Å²) in [6.45, 7) is 10.4. The van der Waals surface area contributed by atoms with Gasteiger partial charge in [-0.3, -0.25) is 33.6 Å². The molecule has 0 radical (unpaired) electrons. The average Bonchev–Trinajstić information content (AvgIpc) is 3.14. The molecule has 5 N–H and O–H groups in total. The molecule has 21 heteroatoms. The number of aliphatic hydroxyl groups is 1. The van der Waals surface area contributed by atoms with Crippen LogP contribution in [0.2, 0.25) is 0 Å². The second-order valence-electron chi connectivity index (χ2n) is 11.5. The Morgan fingerprint density at radius 3 is 1.47 bits per heavy atom. The van der Waals surface area contributed by atoms with E-state index in [1.165, 1.54) is 23.9 Å². The molecular weight excluding hydrogens is 724 g/mol. The van der Waals surface area contributed by atoms with Crippen molar-refractivity contribution >= 4 is 61.2 Å². The molecule has 0 unspecified atom stereocenters. The fraction of sp³-hybridized carbons (Fsp3) is 0.706. The van der Waals surface area contributed by atoms with Gasteiger partial charge in [0.2, 0.25) is 42.4 Å². The molecule has 55 heavy (non-hydrogen) atoms. The highest BCUT2D eigenvalue weighted by molar-refractivity contribution is 5.89. The molecule has 0 aliphatic rings. The molecule has 0 heterocycles.